The van der Waals surface area contributed by atoms with Gasteiger partial charge in [-0.1, -0.05) is 6.07 Å². The summed E-state index contributed by atoms with van der Waals surface area (Å²) < 4.78 is 75.6. The van der Waals surface area contributed by atoms with Crippen molar-refractivity contribution in [3.8, 4) is 0 Å². The Labute approximate surface area is 173 Å². The zero-order valence-corrected chi connectivity index (χ0v) is 16.2. The number of carbonyl (C=O) groups excluding carboxylic acids is 1. The van der Waals surface area contributed by atoms with E-state index in [0.29, 0.717) is 5.56 Å². The normalized spacial score (nSPS) is 21.4. The van der Waals surface area contributed by atoms with Gasteiger partial charge in [-0.05, 0) is 36.8 Å². The molecule has 0 bridgehead atoms. The Morgan fingerprint density at radius 2 is 2.03 bits per heavy atom. The van der Waals surface area contributed by atoms with Crippen LogP contribution in [0.3, 0.4) is 0 Å². The maximum Gasteiger partial charge on any atom is 0.411 e. The van der Waals surface area contributed by atoms with Crippen LogP contribution < -0.4 is 5.73 Å². The molecule has 3 rings (SSSR count). The van der Waals surface area contributed by atoms with Crippen LogP contribution in [0.1, 0.15) is 28.5 Å². The number of ketones is 1. The molecule has 1 aliphatic heterocycles. The summed E-state index contributed by atoms with van der Waals surface area (Å²) in [5.74, 6) is -1.83. The maximum absolute atomic E-state index is 14.7. The van der Waals surface area contributed by atoms with E-state index in [1.54, 1.807) is 0 Å². The molecule has 0 aliphatic carbocycles. The first kappa shape index (κ1) is 22.6. The molecule has 2 atom stereocenters. The van der Waals surface area contributed by atoms with Gasteiger partial charge in [-0.3, -0.25) is 9.78 Å². The first-order valence-electron chi connectivity index (χ1n) is 9.08. The second-order valence-electron chi connectivity index (χ2n) is 7.10. The van der Waals surface area contributed by atoms with E-state index in [-0.39, 0.29) is 30.3 Å². The molecule has 2 N–H and O–H groups in total. The fourth-order valence-electron chi connectivity index (χ4n) is 3.18. The molecule has 1 aromatic carbocycles. The third kappa shape index (κ3) is 5.35. The molecular formula is C20H18F5N3O3. The van der Waals surface area contributed by atoms with Crippen LogP contribution in [0.4, 0.5) is 22.0 Å². The predicted molar refractivity (Wildman–Crippen MR) is 99.4 cm³/mol. The predicted octanol–water partition coefficient (Wildman–Crippen LogP) is 3.29. The van der Waals surface area contributed by atoms with Crippen molar-refractivity contribution in [2.45, 2.75) is 31.2 Å². The lowest BCUT2D eigenvalue weighted by molar-refractivity contribution is -0.197. The van der Waals surface area contributed by atoms with Gasteiger partial charge in [0.25, 0.3) is 6.02 Å². The Morgan fingerprint density at radius 3 is 2.68 bits per heavy atom. The Hall–Kier alpha value is -3.08. The van der Waals surface area contributed by atoms with E-state index in [4.69, 9.17) is 15.2 Å². The molecule has 2 heterocycles. The molecule has 2 aromatic rings. The van der Waals surface area contributed by atoms with Gasteiger partial charge in [0.1, 0.15) is 42.2 Å². The van der Waals surface area contributed by atoms with Crippen LogP contribution in [0.25, 0.3) is 0 Å². The fourth-order valence-corrected chi connectivity index (χ4v) is 3.18. The number of aliphatic imine (C=N–C) groups is 1. The van der Waals surface area contributed by atoms with E-state index in [0.717, 1.165) is 18.3 Å². The highest BCUT2D eigenvalue weighted by atomic mass is 19.4. The van der Waals surface area contributed by atoms with Crippen LogP contribution in [-0.4, -0.2) is 42.3 Å². The number of hydrogen-bond acceptors (Lipinski definition) is 6. The van der Waals surface area contributed by atoms with Crippen molar-refractivity contribution in [3.63, 3.8) is 0 Å². The standard InChI is InChI=1S/C20H18F5N3O3/c1-19(17(9-30-18(26)28-19)31-10-20(23,24)25)13-6-11(2-4-14(13)22)7-16(29)15-5-3-12(21)8-27-15/h2-6,8,17H,7,9-10H2,1H3,(H2,26,28)/t17-,19+/m0/s1. The SMILES string of the molecule is C[C@]1(c2cc(CC(=O)c3ccc(F)cn3)ccc2F)N=C(N)OC[C@@H]1OCC(F)(F)F. The van der Waals surface area contributed by atoms with Crippen molar-refractivity contribution in [3.05, 3.63) is 65.0 Å². The van der Waals surface area contributed by atoms with Crippen molar-refractivity contribution in [1.82, 2.24) is 4.98 Å². The second-order valence-corrected chi connectivity index (χ2v) is 7.10. The minimum absolute atomic E-state index is 0.0122. The van der Waals surface area contributed by atoms with Crippen LogP contribution in [0.2, 0.25) is 0 Å². The van der Waals surface area contributed by atoms with Crippen LogP contribution in [0, 0.1) is 11.6 Å². The maximum atomic E-state index is 14.7. The molecule has 0 amide bonds. The number of nitrogens with two attached hydrogens (primary N) is 1. The molecule has 0 saturated heterocycles. The number of halogens is 5. The smallest absolute Gasteiger partial charge is 0.411 e. The zero-order chi connectivity index (χ0) is 22.8. The quantitative estimate of drug-likeness (QED) is 0.547. The van der Waals surface area contributed by atoms with Crippen molar-refractivity contribution in [2.24, 2.45) is 10.7 Å². The Balaban J connectivity index is 1.91. The van der Waals surface area contributed by atoms with Gasteiger partial charge in [-0.2, -0.15) is 13.2 Å². The molecule has 0 fully saturated rings. The van der Waals surface area contributed by atoms with Crippen molar-refractivity contribution < 1.29 is 36.2 Å². The third-order valence-corrected chi connectivity index (χ3v) is 4.75. The lowest BCUT2D eigenvalue weighted by atomic mass is 9.84. The molecule has 1 aliphatic rings. The first-order valence-corrected chi connectivity index (χ1v) is 9.08. The average Bonchev–Trinajstić information content (AvgIpc) is 2.68. The van der Waals surface area contributed by atoms with Gasteiger partial charge in [0.15, 0.2) is 5.78 Å². The topological polar surface area (TPSA) is 86.8 Å². The van der Waals surface area contributed by atoms with Gasteiger partial charge in [0.05, 0.1) is 6.20 Å². The van der Waals surface area contributed by atoms with Gasteiger partial charge >= 0.3 is 6.18 Å². The van der Waals surface area contributed by atoms with E-state index in [9.17, 15) is 26.7 Å². The van der Waals surface area contributed by atoms with Gasteiger partial charge in [0, 0.05) is 12.0 Å². The van der Waals surface area contributed by atoms with Crippen LogP contribution >= 0.6 is 0 Å². The number of pyridine rings is 1. The summed E-state index contributed by atoms with van der Waals surface area (Å²) in [6.07, 6.45) is -5.21. The summed E-state index contributed by atoms with van der Waals surface area (Å²) in [4.78, 5) is 20.1. The van der Waals surface area contributed by atoms with Crippen molar-refractivity contribution in [1.29, 1.82) is 0 Å². The van der Waals surface area contributed by atoms with Crippen molar-refractivity contribution >= 4 is 11.8 Å². The second kappa shape index (κ2) is 8.58. The Kier molecular flexibility index (Phi) is 6.25. The van der Waals surface area contributed by atoms with E-state index >= 15 is 0 Å². The number of alkyl halides is 3. The van der Waals surface area contributed by atoms with E-state index in [1.807, 2.05) is 0 Å². The molecule has 0 saturated carbocycles. The number of hydrogen-bond donors (Lipinski definition) is 1. The first-order chi connectivity index (χ1) is 14.5. The molecule has 11 heteroatoms. The highest BCUT2D eigenvalue weighted by molar-refractivity contribution is 5.95. The number of nitrogens with zero attached hydrogens (tertiary/aromatic N) is 2. The molecule has 166 valence electrons. The number of carbonyl (C=O) groups is 1. The number of benzene rings is 1. The summed E-state index contributed by atoms with van der Waals surface area (Å²) in [7, 11) is 0. The van der Waals surface area contributed by atoms with Gasteiger partial charge < -0.3 is 15.2 Å². The molecule has 6 nitrogen and oxygen atoms in total. The lowest BCUT2D eigenvalue weighted by Crippen LogP contribution is -2.48. The number of ether oxygens (including phenoxy) is 2. The van der Waals surface area contributed by atoms with Crippen molar-refractivity contribution in [2.75, 3.05) is 13.2 Å². The number of aromatic nitrogens is 1. The zero-order valence-electron chi connectivity index (χ0n) is 16.2. The summed E-state index contributed by atoms with van der Waals surface area (Å²) in [6.45, 7) is -0.582. The monoisotopic (exact) mass is 443 g/mol. The molecule has 0 spiro atoms. The van der Waals surface area contributed by atoms with Crippen LogP contribution in [-0.2, 0) is 21.4 Å². The number of rotatable bonds is 6. The molecule has 31 heavy (non-hydrogen) atoms. The Morgan fingerprint density at radius 1 is 1.29 bits per heavy atom. The largest absolute Gasteiger partial charge is 0.463 e. The molecule has 0 unspecified atom stereocenters. The number of Topliss-reactive ketones (excluding diaryl/α,β-unsaturated/α-hetero) is 1. The third-order valence-electron chi connectivity index (χ3n) is 4.75. The van der Waals surface area contributed by atoms with Crippen LogP contribution in [0.5, 0.6) is 0 Å². The minimum Gasteiger partial charge on any atom is -0.463 e. The van der Waals surface area contributed by atoms with E-state index < -0.39 is 41.8 Å². The average molecular weight is 443 g/mol. The van der Waals surface area contributed by atoms with Gasteiger partial charge in [0.2, 0.25) is 0 Å². The summed E-state index contributed by atoms with van der Waals surface area (Å²) in [5.41, 5.74) is 4.20. The lowest BCUT2D eigenvalue weighted by Gasteiger charge is -2.38. The number of amidine groups is 1. The highest BCUT2D eigenvalue weighted by Gasteiger charge is 2.44. The molecule has 1 aromatic heterocycles. The fraction of sp³-hybridized carbons (Fsp3) is 0.350. The minimum atomic E-state index is -4.61. The van der Waals surface area contributed by atoms with Gasteiger partial charge in [-0.25, -0.2) is 13.8 Å². The highest BCUT2D eigenvalue weighted by Crippen LogP contribution is 2.37. The molecular weight excluding hydrogens is 425 g/mol. The summed E-state index contributed by atoms with van der Waals surface area (Å²) >= 11 is 0. The molecule has 0 radical (unpaired) electrons. The van der Waals surface area contributed by atoms with Crippen LogP contribution in [0.15, 0.2) is 41.5 Å². The Bertz CT molecular complexity index is 995. The summed E-state index contributed by atoms with van der Waals surface area (Å²) in [5, 5.41) is 0. The van der Waals surface area contributed by atoms with E-state index in [2.05, 4.69) is 9.98 Å². The summed E-state index contributed by atoms with van der Waals surface area (Å²) in [6, 6.07) is 5.70. The van der Waals surface area contributed by atoms with E-state index in [1.165, 1.54) is 25.1 Å². The van der Waals surface area contributed by atoms with Gasteiger partial charge in [-0.15, -0.1) is 0 Å².